The summed E-state index contributed by atoms with van der Waals surface area (Å²) in [6.45, 7) is 7.67. The number of benzene rings is 2. The lowest BCUT2D eigenvalue weighted by Gasteiger charge is -2.25. The van der Waals surface area contributed by atoms with Gasteiger partial charge in [0.1, 0.15) is 12.3 Å². The zero-order chi connectivity index (χ0) is 22.3. The van der Waals surface area contributed by atoms with Crippen LogP contribution in [0.15, 0.2) is 54.6 Å². The van der Waals surface area contributed by atoms with Crippen molar-refractivity contribution in [3.05, 3.63) is 60.2 Å². The predicted molar refractivity (Wildman–Crippen MR) is 121 cm³/mol. The fourth-order valence-corrected chi connectivity index (χ4v) is 4.04. The molecule has 0 aliphatic carbocycles. The molecule has 0 aliphatic rings. The molecule has 0 saturated carbocycles. The molecule has 0 heterocycles. The number of sulfonamides is 1. The summed E-state index contributed by atoms with van der Waals surface area (Å²) in [7, 11) is -3.66. The van der Waals surface area contributed by atoms with Crippen LogP contribution >= 0.6 is 0 Å². The smallest absolute Gasteiger partial charge is 0.241 e. The van der Waals surface area contributed by atoms with Crippen LogP contribution in [0.25, 0.3) is 0 Å². The summed E-state index contributed by atoms with van der Waals surface area (Å²) in [5.41, 5.74) is 1.39. The van der Waals surface area contributed by atoms with Gasteiger partial charge in [-0.1, -0.05) is 50.2 Å². The molecule has 6 nitrogen and oxygen atoms in total. The van der Waals surface area contributed by atoms with Crippen molar-refractivity contribution in [2.75, 3.05) is 17.1 Å². The SMILES string of the molecule is CC(C)CC(NC(=O)CN(c1cccc(OC(C)C)c1)S(C)(=O)=O)c1ccccc1. The Labute approximate surface area is 180 Å². The highest BCUT2D eigenvalue weighted by molar-refractivity contribution is 7.92. The van der Waals surface area contributed by atoms with Crippen molar-refractivity contribution >= 4 is 21.6 Å². The van der Waals surface area contributed by atoms with Crippen molar-refractivity contribution in [2.45, 2.75) is 46.3 Å². The first kappa shape index (κ1) is 23.7. The van der Waals surface area contributed by atoms with Gasteiger partial charge in [-0.2, -0.15) is 0 Å². The van der Waals surface area contributed by atoms with Gasteiger partial charge in [-0.3, -0.25) is 9.10 Å². The Kier molecular flexibility index (Phi) is 8.29. The first-order valence-corrected chi connectivity index (χ1v) is 12.0. The van der Waals surface area contributed by atoms with E-state index in [1.807, 2.05) is 44.2 Å². The van der Waals surface area contributed by atoms with Gasteiger partial charge in [0, 0.05) is 6.07 Å². The van der Waals surface area contributed by atoms with E-state index in [1.54, 1.807) is 24.3 Å². The molecule has 164 valence electrons. The van der Waals surface area contributed by atoms with Crippen LogP contribution in [0.5, 0.6) is 5.75 Å². The minimum atomic E-state index is -3.66. The quantitative estimate of drug-likeness (QED) is 0.612. The van der Waals surface area contributed by atoms with Gasteiger partial charge in [-0.25, -0.2) is 8.42 Å². The number of hydrogen-bond donors (Lipinski definition) is 1. The molecule has 1 atom stereocenters. The van der Waals surface area contributed by atoms with Crippen molar-refractivity contribution in [3.63, 3.8) is 0 Å². The van der Waals surface area contributed by atoms with E-state index in [0.717, 1.165) is 22.5 Å². The van der Waals surface area contributed by atoms with Crippen LogP contribution < -0.4 is 14.4 Å². The van der Waals surface area contributed by atoms with E-state index in [9.17, 15) is 13.2 Å². The maximum absolute atomic E-state index is 12.9. The number of carbonyl (C=O) groups is 1. The topological polar surface area (TPSA) is 75.7 Å². The molecular weight excluding hydrogens is 400 g/mol. The van der Waals surface area contributed by atoms with Crippen molar-refractivity contribution < 1.29 is 17.9 Å². The third kappa shape index (κ3) is 7.37. The number of nitrogens with one attached hydrogen (secondary N) is 1. The Balaban J connectivity index is 2.23. The molecule has 1 amide bonds. The Morgan fingerprint density at radius 2 is 1.70 bits per heavy atom. The number of rotatable bonds is 10. The number of carbonyl (C=O) groups excluding carboxylic acids is 1. The highest BCUT2D eigenvalue weighted by Gasteiger charge is 2.24. The minimum absolute atomic E-state index is 0.0436. The summed E-state index contributed by atoms with van der Waals surface area (Å²) in [4.78, 5) is 12.9. The molecule has 0 aromatic heterocycles. The molecule has 0 bridgehead atoms. The second kappa shape index (κ2) is 10.5. The zero-order valence-electron chi connectivity index (χ0n) is 18.3. The van der Waals surface area contributed by atoms with E-state index in [2.05, 4.69) is 19.2 Å². The summed E-state index contributed by atoms with van der Waals surface area (Å²) in [5.74, 6) is 0.565. The van der Waals surface area contributed by atoms with Gasteiger partial charge in [0.15, 0.2) is 0 Å². The summed E-state index contributed by atoms with van der Waals surface area (Å²) in [6, 6.07) is 16.3. The van der Waals surface area contributed by atoms with Gasteiger partial charge in [-0.15, -0.1) is 0 Å². The number of anilines is 1. The average molecular weight is 433 g/mol. The average Bonchev–Trinajstić information content (AvgIpc) is 2.65. The molecule has 7 heteroatoms. The lowest BCUT2D eigenvalue weighted by atomic mass is 9.97. The maximum Gasteiger partial charge on any atom is 0.241 e. The Morgan fingerprint density at radius 1 is 1.03 bits per heavy atom. The van der Waals surface area contributed by atoms with E-state index < -0.39 is 10.0 Å². The molecular formula is C23H32N2O4S. The summed E-state index contributed by atoms with van der Waals surface area (Å²) >= 11 is 0. The standard InChI is InChI=1S/C23H32N2O4S/c1-17(2)14-22(19-10-7-6-8-11-19)24-23(26)16-25(30(5,27)28)20-12-9-13-21(15-20)29-18(3)4/h6-13,15,17-18,22H,14,16H2,1-5H3,(H,24,26). The van der Waals surface area contributed by atoms with Crippen LogP contribution in [-0.2, 0) is 14.8 Å². The van der Waals surface area contributed by atoms with Crippen molar-refractivity contribution in [1.29, 1.82) is 0 Å². The highest BCUT2D eigenvalue weighted by atomic mass is 32.2. The monoisotopic (exact) mass is 432 g/mol. The lowest BCUT2D eigenvalue weighted by Crippen LogP contribution is -2.41. The van der Waals surface area contributed by atoms with Crippen LogP contribution in [0.2, 0.25) is 0 Å². The van der Waals surface area contributed by atoms with Crippen molar-refractivity contribution in [1.82, 2.24) is 5.32 Å². The minimum Gasteiger partial charge on any atom is -0.491 e. The van der Waals surface area contributed by atoms with Crippen LogP contribution in [0.3, 0.4) is 0 Å². The maximum atomic E-state index is 12.9. The Hall–Kier alpha value is -2.54. The molecule has 30 heavy (non-hydrogen) atoms. The van der Waals surface area contributed by atoms with E-state index in [0.29, 0.717) is 17.4 Å². The first-order valence-electron chi connectivity index (χ1n) is 10.1. The fraction of sp³-hybridized carbons (Fsp3) is 0.435. The number of ether oxygens (including phenoxy) is 1. The van der Waals surface area contributed by atoms with Gasteiger partial charge >= 0.3 is 0 Å². The number of amides is 1. The van der Waals surface area contributed by atoms with E-state index in [4.69, 9.17) is 4.74 Å². The van der Waals surface area contributed by atoms with E-state index in [-0.39, 0.29) is 24.6 Å². The predicted octanol–water partition coefficient (Wildman–Crippen LogP) is 4.14. The third-order valence-corrected chi connectivity index (χ3v) is 5.55. The van der Waals surface area contributed by atoms with E-state index >= 15 is 0 Å². The second-order valence-electron chi connectivity index (χ2n) is 8.09. The second-order valence-corrected chi connectivity index (χ2v) is 10.0. The molecule has 0 saturated heterocycles. The molecule has 0 aliphatic heterocycles. The van der Waals surface area contributed by atoms with Gasteiger partial charge in [0.05, 0.1) is 24.1 Å². The largest absolute Gasteiger partial charge is 0.491 e. The zero-order valence-corrected chi connectivity index (χ0v) is 19.1. The van der Waals surface area contributed by atoms with Gasteiger partial charge in [-0.05, 0) is 43.9 Å². The van der Waals surface area contributed by atoms with Gasteiger partial charge in [0.25, 0.3) is 0 Å². The first-order chi connectivity index (χ1) is 14.1. The third-order valence-electron chi connectivity index (χ3n) is 4.41. The summed E-state index contributed by atoms with van der Waals surface area (Å²) in [6.07, 6.45) is 1.81. The normalized spacial score (nSPS) is 12.6. The van der Waals surface area contributed by atoms with Crippen LogP contribution in [0.1, 0.15) is 45.7 Å². The fourth-order valence-electron chi connectivity index (χ4n) is 3.19. The van der Waals surface area contributed by atoms with Gasteiger partial charge in [0.2, 0.25) is 15.9 Å². The number of nitrogens with zero attached hydrogens (tertiary/aromatic N) is 1. The molecule has 2 rings (SSSR count). The Bertz CT molecular complexity index is 927. The lowest BCUT2D eigenvalue weighted by molar-refractivity contribution is -0.120. The molecule has 2 aromatic carbocycles. The van der Waals surface area contributed by atoms with E-state index in [1.165, 1.54) is 0 Å². The van der Waals surface area contributed by atoms with Crippen LogP contribution in [0.4, 0.5) is 5.69 Å². The molecule has 1 N–H and O–H groups in total. The molecule has 0 radical (unpaired) electrons. The van der Waals surface area contributed by atoms with Crippen LogP contribution in [-0.4, -0.2) is 33.2 Å². The van der Waals surface area contributed by atoms with Crippen molar-refractivity contribution in [2.24, 2.45) is 5.92 Å². The van der Waals surface area contributed by atoms with Crippen LogP contribution in [0, 0.1) is 5.92 Å². The molecule has 2 aromatic rings. The summed E-state index contributed by atoms with van der Waals surface area (Å²) < 4.78 is 31.6. The summed E-state index contributed by atoms with van der Waals surface area (Å²) in [5, 5.41) is 3.01. The van der Waals surface area contributed by atoms with Crippen molar-refractivity contribution in [3.8, 4) is 5.75 Å². The number of hydrogen-bond acceptors (Lipinski definition) is 4. The molecule has 0 spiro atoms. The van der Waals surface area contributed by atoms with Gasteiger partial charge < -0.3 is 10.1 Å². The molecule has 1 unspecified atom stereocenters. The highest BCUT2D eigenvalue weighted by Crippen LogP contribution is 2.25. The molecule has 0 fully saturated rings. The Morgan fingerprint density at radius 3 is 2.27 bits per heavy atom.